The average Bonchev–Trinajstić information content (AvgIpc) is 2.74. The lowest BCUT2D eigenvalue weighted by Gasteiger charge is -2.44. The summed E-state index contributed by atoms with van der Waals surface area (Å²) in [6, 6.07) is 16.9. The molecule has 0 radical (unpaired) electrons. The third-order valence-corrected chi connectivity index (χ3v) is 19.3. The number of aromatic nitrogens is 4. The molecular formula is C28H46N6O2P4. The van der Waals surface area contributed by atoms with Crippen molar-refractivity contribution < 1.29 is 9.05 Å². The predicted octanol–water partition coefficient (Wildman–Crippen LogP) is 10.7. The smallest absolute Gasteiger partial charge is 0.247 e. The molecule has 220 valence electrons. The first-order valence-corrected chi connectivity index (χ1v) is 18.7. The molecule has 40 heavy (non-hydrogen) atoms. The molecule has 12 heteroatoms. The number of rotatable bonds is 0. The molecule has 0 saturated carbocycles. The second-order valence-electron chi connectivity index (χ2n) is 14.3. The largest absolute Gasteiger partial charge is 0.415 e. The van der Waals surface area contributed by atoms with Gasteiger partial charge in [0.2, 0.25) is 16.2 Å². The van der Waals surface area contributed by atoms with E-state index in [2.05, 4.69) is 158 Å². The number of benzene rings is 2. The van der Waals surface area contributed by atoms with Crippen molar-refractivity contribution in [3.8, 4) is 11.5 Å². The van der Waals surface area contributed by atoms with Crippen LogP contribution < -0.4 is 19.2 Å². The van der Waals surface area contributed by atoms with Crippen molar-refractivity contribution in [3.63, 3.8) is 0 Å². The zero-order valence-corrected chi connectivity index (χ0v) is 29.6. The lowest BCUT2D eigenvalue weighted by atomic mass is 10.1. The molecule has 0 aliphatic carbocycles. The van der Waals surface area contributed by atoms with Gasteiger partial charge in [0.05, 0.1) is 11.4 Å². The van der Waals surface area contributed by atoms with Gasteiger partial charge in [0.1, 0.15) is 16.0 Å². The zero-order chi connectivity index (χ0) is 29.4. The van der Waals surface area contributed by atoms with E-state index in [1.54, 1.807) is 0 Å². The summed E-state index contributed by atoms with van der Waals surface area (Å²) >= 11 is 0. The van der Waals surface area contributed by atoms with Crippen molar-refractivity contribution in [3.05, 3.63) is 48.5 Å². The van der Waals surface area contributed by atoms with Crippen LogP contribution in [0.3, 0.4) is 0 Å². The van der Waals surface area contributed by atoms with E-state index in [-0.39, 0.29) is 22.2 Å². The quantitative estimate of drug-likeness (QED) is 0.180. The highest BCUT2D eigenvalue weighted by atomic mass is 31.2. The van der Waals surface area contributed by atoms with Crippen molar-refractivity contribution in [2.45, 2.75) is 105 Å². The third kappa shape index (κ3) is 5.22. The fourth-order valence-electron chi connectivity index (χ4n) is 4.72. The summed E-state index contributed by atoms with van der Waals surface area (Å²) in [5.74, 6) is 1.79. The Labute approximate surface area is 244 Å². The van der Waals surface area contributed by atoms with Gasteiger partial charge in [0, 0.05) is 22.2 Å². The van der Waals surface area contributed by atoms with Crippen LogP contribution in [0.25, 0.3) is 0 Å². The van der Waals surface area contributed by atoms with Gasteiger partial charge in [-0.3, -0.25) is 0 Å². The lowest BCUT2D eigenvalue weighted by molar-refractivity contribution is 0.385. The molecule has 0 unspecified atom stereocenters. The highest BCUT2D eigenvalue weighted by Gasteiger charge is 2.39. The number of hydrogen-bond donors (Lipinski definition) is 2. The van der Waals surface area contributed by atoms with Crippen LogP contribution in [0, 0.1) is 0 Å². The summed E-state index contributed by atoms with van der Waals surface area (Å²) in [4.78, 5) is 0. The van der Waals surface area contributed by atoms with Crippen LogP contribution in [0.4, 0.5) is 11.4 Å². The van der Waals surface area contributed by atoms with Crippen LogP contribution in [-0.2, 0) is 22.2 Å². The summed E-state index contributed by atoms with van der Waals surface area (Å²) in [7, 11) is -3.94. The second kappa shape index (κ2) is 9.81. The summed E-state index contributed by atoms with van der Waals surface area (Å²) in [6.45, 7) is 27.4. The molecule has 6 heterocycles. The van der Waals surface area contributed by atoms with Crippen molar-refractivity contribution in [2.24, 2.45) is 0 Å². The first kappa shape index (κ1) is 29.5. The van der Waals surface area contributed by atoms with Gasteiger partial charge in [-0.2, -0.15) is 0 Å². The number of para-hydroxylation sites is 4. The molecule has 2 aromatic heterocycles. The Balaban J connectivity index is 1.82. The van der Waals surface area contributed by atoms with Gasteiger partial charge in [0.25, 0.3) is 0 Å². The molecular weight excluding hydrogens is 576 g/mol. The maximum Gasteiger partial charge on any atom is 0.247 e. The predicted molar refractivity (Wildman–Crippen MR) is 176 cm³/mol. The van der Waals surface area contributed by atoms with Gasteiger partial charge in [-0.1, -0.05) is 24.3 Å². The van der Waals surface area contributed by atoms with E-state index in [1.165, 1.54) is 0 Å². The summed E-state index contributed by atoms with van der Waals surface area (Å²) in [5, 5.41) is 7.91. The van der Waals surface area contributed by atoms with E-state index in [9.17, 15) is 0 Å². The standard InChI is InChI=1S/C28H46N6O2P4/c1-25(2,3)31-37-29-21-17-13-16-20-24(21)36-40-33(27(7,8)9)38(34(40)28(10,11)12)30-22-18-14-15-19-23(22)35-39(31)32(37)26(4,5)6/h13-20,29-30H,1-12H3. The maximum atomic E-state index is 7.06. The van der Waals surface area contributed by atoms with Crippen LogP contribution in [0.2, 0.25) is 0 Å². The number of hydrogen-bond acceptors (Lipinski definition) is 4. The Morgan fingerprint density at radius 1 is 0.475 bits per heavy atom. The van der Waals surface area contributed by atoms with Crippen molar-refractivity contribution in [1.82, 2.24) is 16.4 Å². The van der Waals surface area contributed by atoms with Gasteiger partial charge in [-0.05, 0) is 107 Å². The first-order valence-electron chi connectivity index (χ1n) is 13.9. The highest BCUT2D eigenvalue weighted by molar-refractivity contribution is 7.64. The van der Waals surface area contributed by atoms with Gasteiger partial charge in [-0.25, -0.2) is 16.4 Å². The summed E-state index contributed by atoms with van der Waals surface area (Å²) in [6.07, 6.45) is 0. The Morgan fingerprint density at radius 3 is 1.02 bits per heavy atom. The minimum Gasteiger partial charge on any atom is -0.415 e. The number of anilines is 2. The van der Waals surface area contributed by atoms with Crippen LogP contribution in [0.1, 0.15) is 83.1 Å². The minimum absolute atomic E-state index is 0.0935. The lowest BCUT2D eigenvalue weighted by Crippen LogP contribution is -2.35. The van der Waals surface area contributed by atoms with E-state index in [1.807, 2.05) is 0 Å². The molecule has 4 aliphatic heterocycles. The van der Waals surface area contributed by atoms with E-state index in [4.69, 9.17) is 9.05 Å². The number of nitrogens with one attached hydrogen (secondary N) is 2. The fraction of sp³-hybridized carbons (Fsp3) is 0.571. The van der Waals surface area contributed by atoms with Gasteiger partial charge in [0.15, 0.2) is 11.5 Å². The van der Waals surface area contributed by atoms with Gasteiger partial charge in [-0.15, -0.1) is 0 Å². The SMILES string of the molecule is CC(C)(C)n1p2n(C(C)(C)C)p1Oc1ccccc1Np1n(C(C)(C)C)p(n1C(C)(C)C)Oc1ccccc1N2. The summed E-state index contributed by atoms with van der Waals surface area (Å²) < 4.78 is 24.3. The van der Waals surface area contributed by atoms with Gasteiger partial charge < -0.3 is 19.2 Å². The van der Waals surface area contributed by atoms with Crippen molar-refractivity contribution >= 4 is 43.5 Å². The van der Waals surface area contributed by atoms with Crippen LogP contribution >= 0.6 is 32.2 Å². The van der Waals surface area contributed by atoms with Crippen molar-refractivity contribution in [2.75, 3.05) is 10.2 Å². The Morgan fingerprint density at radius 2 is 0.750 bits per heavy atom. The molecule has 4 aliphatic rings. The molecule has 8 rings (SSSR count). The van der Waals surface area contributed by atoms with Crippen LogP contribution in [-0.4, -0.2) is 16.4 Å². The maximum absolute atomic E-state index is 7.06. The molecule has 8 nitrogen and oxygen atoms in total. The molecule has 0 fully saturated rings. The zero-order valence-electron chi connectivity index (χ0n) is 26.0. The molecule has 0 saturated heterocycles. The highest BCUT2D eigenvalue weighted by Crippen LogP contribution is 2.60. The average molecular weight is 623 g/mol. The van der Waals surface area contributed by atoms with Crippen LogP contribution in [0.5, 0.6) is 11.5 Å². The van der Waals surface area contributed by atoms with Gasteiger partial charge >= 0.3 is 0 Å². The van der Waals surface area contributed by atoms with Crippen LogP contribution in [0.15, 0.2) is 48.5 Å². The fourth-order valence-corrected chi connectivity index (χ4v) is 16.0. The van der Waals surface area contributed by atoms with E-state index in [0.717, 1.165) is 22.9 Å². The molecule has 0 atom stereocenters. The topological polar surface area (TPSA) is 62.2 Å². The first-order chi connectivity index (χ1) is 18.4. The Kier molecular flexibility index (Phi) is 7.24. The van der Waals surface area contributed by atoms with E-state index >= 15 is 0 Å². The molecule has 0 spiro atoms. The Bertz CT molecular complexity index is 1290. The molecule has 0 amide bonds. The summed E-state index contributed by atoms with van der Waals surface area (Å²) in [5.41, 5.74) is 1.68. The van der Waals surface area contributed by atoms with E-state index < -0.39 is 32.2 Å². The molecule has 4 aromatic rings. The monoisotopic (exact) mass is 622 g/mol. The number of nitrogens with zero attached hydrogens (tertiary/aromatic N) is 4. The second-order valence-corrected chi connectivity index (χ2v) is 21.8. The molecule has 2 aromatic carbocycles. The minimum atomic E-state index is -1.07. The van der Waals surface area contributed by atoms with Crippen molar-refractivity contribution in [1.29, 1.82) is 0 Å². The van der Waals surface area contributed by atoms with E-state index in [0.29, 0.717) is 0 Å². The normalized spacial score (nSPS) is 16.1. The molecule has 4 bridgehead atoms. The third-order valence-electron chi connectivity index (χ3n) is 6.34. The molecule has 2 N–H and O–H groups in total. The Hall–Kier alpha value is -1.96.